The predicted octanol–water partition coefficient (Wildman–Crippen LogP) is 0.679. The summed E-state index contributed by atoms with van der Waals surface area (Å²) >= 11 is 0. The molecule has 2 fully saturated rings. The molecule has 1 unspecified atom stereocenters. The van der Waals surface area contributed by atoms with Crippen LogP contribution in [-0.4, -0.2) is 47.6 Å². The SMILES string of the molecule is CCOC1CC(NC2CC(=O)N(C(C)C)C2=O)C1. The molecule has 1 aliphatic carbocycles. The van der Waals surface area contributed by atoms with E-state index in [1.54, 1.807) is 0 Å². The summed E-state index contributed by atoms with van der Waals surface area (Å²) < 4.78 is 5.48. The van der Waals surface area contributed by atoms with Gasteiger partial charge in [-0.05, 0) is 33.6 Å². The number of hydrogen-bond donors (Lipinski definition) is 1. The average Bonchev–Trinajstić information content (AvgIpc) is 2.51. The molecular formula is C13H22N2O3. The summed E-state index contributed by atoms with van der Waals surface area (Å²) in [6, 6.07) is -0.0581. The third kappa shape index (κ3) is 2.57. The Labute approximate surface area is 108 Å². The maximum atomic E-state index is 12.1. The number of carbonyl (C=O) groups is 2. The molecule has 1 atom stereocenters. The summed E-state index contributed by atoms with van der Waals surface area (Å²) in [6.07, 6.45) is 2.49. The lowest BCUT2D eigenvalue weighted by molar-refractivity contribution is -0.140. The minimum Gasteiger partial charge on any atom is -0.378 e. The van der Waals surface area contributed by atoms with E-state index in [9.17, 15) is 9.59 Å². The predicted molar refractivity (Wildman–Crippen MR) is 67.0 cm³/mol. The van der Waals surface area contributed by atoms with Crippen molar-refractivity contribution in [3.8, 4) is 0 Å². The first-order valence-corrected chi connectivity index (χ1v) is 6.76. The van der Waals surface area contributed by atoms with Crippen molar-refractivity contribution in [2.45, 2.75) is 64.3 Å². The fourth-order valence-corrected chi connectivity index (χ4v) is 2.68. The lowest BCUT2D eigenvalue weighted by atomic mass is 9.88. The quantitative estimate of drug-likeness (QED) is 0.733. The van der Waals surface area contributed by atoms with Gasteiger partial charge in [0.15, 0.2) is 0 Å². The number of hydrogen-bond acceptors (Lipinski definition) is 4. The fraction of sp³-hybridized carbons (Fsp3) is 0.846. The van der Waals surface area contributed by atoms with Gasteiger partial charge in [-0.3, -0.25) is 14.5 Å². The Morgan fingerprint density at radius 3 is 2.56 bits per heavy atom. The Balaban J connectivity index is 1.82. The van der Waals surface area contributed by atoms with Crippen molar-refractivity contribution in [3.63, 3.8) is 0 Å². The Bertz CT molecular complexity index is 337. The van der Waals surface area contributed by atoms with Crippen molar-refractivity contribution in [2.75, 3.05) is 6.61 Å². The van der Waals surface area contributed by atoms with Gasteiger partial charge in [-0.2, -0.15) is 0 Å². The Kier molecular flexibility index (Phi) is 4.02. The highest BCUT2D eigenvalue weighted by Gasteiger charge is 2.42. The normalized spacial score (nSPS) is 32.2. The van der Waals surface area contributed by atoms with E-state index in [1.165, 1.54) is 4.90 Å². The average molecular weight is 254 g/mol. The molecule has 1 saturated carbocycles. The van der Waals surface area contributed by atoms with Gasteiger partial charge in [-0.15, -0.1) is 0 Å². The molecule has 0 radical (unpaired) electrons. The Morgan fingerprint density at radius 2 is 2.06 bits per heavy atom. The standard InChI is InChI=1S/C13H22N2O3/c1-4-18-10-5-9(6-10)14-11-7-12(16)15(8(2)3)13(11)17/h8-11,14H,4-7H2,1-3H3. The molecule has 0 spiro atoms. The molecule has 1 N–H and O–H groups in total. The Morgan fingerprint density at radius 1 is 1.39 bits per heavy atom. The van der Waals surface area contributed by atoms with Crippen molar-refractivity contribution < 1.29 is 14.3 Å². The van der Waals surface area contributed by atoms with Crippen LogP contribution in [0.25, 0.3) is 0 Å². The number of imide groups is 1. The molecule has 1 heterocycles. The summed E-state index contributed by atoms with van der Waals surface area (Å²) in [5.74, 6) is -0.136. The zero-order valence-corrected chi connectivity index (χ0v) is 11.3. The van der Waals surface area contributed by atoms with Crippen LogP contribution in [0.5, 0.6) is 0 Å². The molecule has 5 nitrogen and oxygen atoms in total. The molecule has 2 amide bonds. The molecule has 2 aliphatic rings. The highest BCUT2D eigenvalue weighted by atomic mass is 16.5. The molecule has 0 aromatic carbocycles. The van der Waals surface area contributed by atoms with Gasteiger partial charge < -0.3 is 10.1 Å². The van der Waals surface area contributed by atoms with Gasteiger partial charge in [0.25, 0.3) is 0 Å². The second-order valence-corrected chi connectivity index (χ2v) is 5.36. The van der Waals surface area contributed by atoms with Crippen LogP contribution in [0.3, 0.4) is 0 Å². The molecular weight excluding hydrogens is 232 g/mol. The van der Waals surface area contributed by atoms with Gasteiger partial charge in [-0.25, -0.2) is 0 Å². The van der Waals surface area contributed by atoms with Crippen LogP contribution in [0.15, 0.2) is 0 Å². The monoisotopic (exact) mass is 254 g/mol. The minimum atomic E-state index is -0.326. The molecule has 18 heavy (non-hydrogen) atoms. The van der Waals surface area contributed by atoms with Gasteiger partial charge >= 0.3 is 0 Å². The molecule has 1 aliphatic heterocycles. The summed E-state index contributed by atoms with van der Waals surface area (Å²) in [4.78, 5) is 25.2. The molecule has 0 bridgehead atoms. The zero-order valence-electron chi connectivity index (χ0n) is 11.3. The van der Waals surface area contributed by atoms with E-state index in [1.807, 2.05) is 20.8 Å². The lowest BCUT2D eigenvalue weighted by Crippen LogP contribution is -2.52. The van der Waals surface area contributed by atoms with Gasteiger partial charge in [-0.1, -0.05) is 0 Å². The summed E-state index contributed by atoms with van der Waals surface area (Å²) in [6.45, 7) is 6.46. The molecule has 0 aromatic heterocycles. The van der Waals surface area contributed by atoms with E-state index in [-0.39, 0.29) is 23.9 Å². The topological polar surface area (TPSA) is 58.6 Å². The maximum Gasteiger partial charge on any atom is 0.247 e. The Hall–Kier alpha value is -0.940. The van der Waals surface area contributed by atoms with Crippen molar-refractivity contribution in [3.05, 3.63) is 0 Å². The minimum absolute atomic E-state index is 0.0469. The number of likely N-dealkylation sites (tertiary alicyclic amines) is 1. The maximum absolute atomic E-state index is 12.1. The first-order valence-electron chi connectivity index (χ1n) is 6.76. The molecule has 1 saturated heterocycles. The second kappa shape index (κ2) is 5.36. The van der Waals surface area contributed by atoms with Gasteiger partial charge in [0.05, 0.1) is 18.6 Å². The number of nitrogens with zero attached hydrogens (tertiary/aromatic N) is 1. The molecule has 2 rings (SSSR count). The van der Waals surface area contributed by atoms with E-state index in [2.05, 4.69) is 5.32 Å². The van der Waals surface area contributed by atoms with E-state index in [4.69, 9.17) is 4.74 Å². The zero-order chi connectivity index (χ0) is 13.3. The number of nitrogens with one attached hydrogen (secondary N) is 1. The van der Waals surface area contributed by atoms with Gasteiger partial charge in [0, 0.05) is 18.7 Å². The number of ether oxygens (including phenoxy) is 1. The highest BCUT2D eigenvalue weighted by molar-refractivity contribution is 6.05. The fourth-order valence-electron chi connectivity index (χ4n) is 2.68. The van der Waals surface area contributed by atoms with Crippen molar-refractivity contribution >= 4 is 11.8 Å². The van der Waals surface area contributed by atoms with Crippen LogP contribution in [0.1, 0.15) is 40.0 Å². The molecule has 102 valence electrons. The van der Waals surface area contributed by atoms with E-state index in [0.29, 0.717) is 18.6 Å². The second-order valence-electron chi connectivity index (χ2n) is 5.36. The van der Waals surface area contributed by atoms with E-state index < -0.39 is 0 Å². The highest BCUT2D eigenvalue weighted by Crippen LogP contribution is 2.26. The summed E-state index contributed by atoms with van der Waals surface area (Å²) in [5, 5.41) is 3.28. The van der Waals surface area contributed by atoms with Crippen LogP contribution in [0.2, 0.25) is 0 Å². The van der Waals surface area contributed by atoms with Crippen LogP contribution >= 0.6 is 0 Å². The first kappa shape index (κ1) is 13.5. The third-order valence-electron chi connectivity index (χ3n) is 3.63. The largest absolute Gasteiger partial charge is 0.378 e. The number of rotatable bonds is 5. The van der Waals surface area contributed by atoms with Crippen LogP contribution in [0.4, 0.5) is 0 Å². The summed E-state index contributed by atoms with van der Waals surface area (Å²) in [7, 11) is 0. The number of carbonyl (C=O) groups excluding carboxylic acids is 2. The van der Waals surface area contributed by atoms with Crippen LogP contribution < -0.4 is 5.32 Å². The molecule has 0 aromatic rings. The molecule has 5 heteroatoms. The first-order chi connectivity index (χ1) is 8.52. The van der Waals surface area contributed by atoms with Crippen LogP contribution in [-0.2, 0) is 14.3 Å². The van der Waals surface area contributed by atoms with E-state index >= 15 is 0 Å². The van der Waals surface area contributed by atoms with Crippen LogP contribution in [0, 0.1) is 0 Å². The number of amides is 2. The van der Waals surface area contributed by atoms with E-state index in [0.717, 1.165) is 19.4 Å². The smallest absolute Gasteiger partial charge is 0.247 e. The van der Waals surface area contributed by atoms with Crippen molar-refractivity contribution in [1.82, 2.24) is 10.2 Å². The summed E-state index contributed by atoms with van der Waals surface area (Å²) in [5.41, 5.74) is 0. The van der Waals surface area contributed by atoms with Crippen molar-refractivity contribution in [1.29, 1.82) is 0 Å². The van der Waals surface area contributed by atoms with Crippen molar-refractivity contribution in [2.24, 2.45) is 0 Å². The van der Waals surface area contributed by atoms with Gasteiger partial charge in [0.1, 0.15) is 0 Å². The lowest BCUT2D eigenvalue weighted by Gasteiger charge is -2.36. The van der Waals surface area contributed by atoms with Gasteiger partial charge in [0.2, 0.25) is 11.8 Å². The third-order valence-corrected chi connectivity index (χ3v) is 3.63.